The zero-order chi connectivity index (χ0) is 11.7. The van der Waals surface area contributed by atoms with Gasteiger partial charge in [-0.25, -0.2) is 4.98 Å². The molecule has 0 unspecified atom stereocenters. The highest BCUT2D eigenvalue weighted by atomic mass is 79.9. The summed E-state index contributed by atoms with van der Waals surface area (Å²) in [6, 6.07) is 9.46. The van der Waals surface area contributed by atoms with Crippen LogP contribution in [-0.4, -0.2) is 15.2 Å². The Hall–Kier alpha value is -1.88. The molecule has 0 spiro atoms. The highest BCUT2D eigenvalue weighted by molar-refractivity contribution is 9.10. The lowest BCUT2D eigenvalue weighted by Gasteiger charge is -2.05. The third-order valence-corrected chi connectivity index (χ3v) is 2.96. The van der Waals surface area contributed by atoms with Gasteiger partial charge in [-0.2, -0.15) is 5.10 Å². The highest BCUT2D eigenvalue weighted by Crippen LogP contribution is 2.28. The lowest BCUT2D eigenvalue weighted by molar-refractivity contribution is 0.460. The summed E-state index contributed by atoms with van der Waals surface area (Å²) in [6.45, 7) is 0. The van der Waals surface area contributed by atoms with E-state index in [1.165, 1.54) is 0 Å². The normalized spacial score (nSPS) is 10.6. The van der Waals surface area contributed by atoms with E-state index in [0.29, 0.717) is 5.88 Å². The minimum Gasteiger partial charge on any atom is -0.438 e. The van der Waals surface area contributed by atoms with Crippen LogP contribution in [0, 0.1) is 0 Å². The number of rotatable bonds is 2. The van der Waals surface area contributed by atoms with Crippen molar-refractivity contribution < 1.29 is 4.74 Å². The van der Waals surface area contributed by atoms with Gasteiger partial charge in [0.05, 0.1) is 16.2 Å². The first-order chi connectivity index (χ1) is 8.33. The van der Waals surface area contributed by atoms with Gasteiger partial charge in [0.25, 0.3) is 0 Å². The fourth-order valence-corrected chi connectivity index (χ4v) is 1.87. The molecular formula is C12H8BrN3O. The third-order valence-electron chi connectivity index (χ3n) is 2.35. The van der Waals surface area contributed by atoms with Gasteiger partial charge in [0.1, 0.15) is 5.75 Å². The molecule has 0 aliphatic heterocycles. The average molecular weight is 290 g/mol. The van der Waals surface area contributed by atoms with Crippen molar-refractivity contribution in [2.24, 2.45) is 0 Å². The maximum atomic E-state index is 5.68. The summed E-state index contributed by atoms with van der Waals surface area (Å²) < 4.78 is 6.50. The maximum absolute atomic E-state index is 5.68. The molecule has 0 bridgehead atoms. The number of hydrogen-bond acceptors (Lipinski definition) is 3. The van der Waals surface area contributed by atoms with Gasteiger partial charge in [0.2, 0.25) is 5.88 Å². The van der Waals surface area contributed by atoms with Crippen LogP contribution in [0.3, 0.4) is 0 Å². The molecular weight excluding hydrogens is 282 g/mol. The van der Waals surface area contributed by atoms with E-state index in [4.69, 9.17) is 4.74 Å². The van der Waals surface area contributed by atoms with Crippen molar-refractivity contribution in [2.45, 2.75) is 0 Å². The molecule has 4 nitrogen and oxygen atoms in total. The average Bonchev–Trinajstić information content (AvgIpc) is 2.79. The van der Waals surface area contributed by atoms with Crippen molar-refractivity contribution in [1.29, 1.82) is 0 Å². The van der Waals surface area contributed by atoms with Crippen molar-refractivity contribution in [2.75, 3.05) is 0 Å². The number of pyridine rings is 1. The highest BCUT2D eigenvalue weighted by Gasteiger charge is 2.04. The summed E-state index contributed by atoms with van der Waals surface area (Å²) in [4.78, 5) is 4.15. The smallest absolute Gasteiger partial charge is 0.233 e. The van der Waals surface area contributed by atoms with Crippen LogP contribution in [0.15, 0.2) is 47.2 Å². The van der Waals surface area contributed by atoms with Gasteiger partial charge in [-0.1, -0.05) is 0 Å². The SMILES string of the molecule is Brc1cccnc1Oc1ccc2cn[nH]c2c1. The lowest BCUT2D eigenvalue weighted by Crippen LogP contribution is -1.88. The second-order valence-corrected chi connectivity index (χ2v) is 4.37. The second kappa shape index (κ2) is 4.18. The van der Waals surface area contributed by atoms with Gasteiger partial charge in [0.15, 0.2) is 0 Å². The van der Waals surface area contributed by atoms with E-state index in [0.717, 1.165) is 21.1 Å². The first kappa shape index (κ1) is 10.3. The van der Waals surface area contributed by atoms with Crippen LogP contribution in [0.25, 0.3) is 10.9 Å². The molecule has 0 aliphatic rings. The number of nitrogens with one attached hydrogen (secondary N) is 1. The van der Waals surface area contributed by atoms with Crippen LogP contribution in [0.5, 0.6) is 11.6 Å². The molecule has 3 rings (SSSR count). The first-order valence-electron chi connectivity index (χ1n) is 5.04. The first-order valence-corrected chi connectivity index (χ1v) is 5.84. The van der Waals surface area contributed by atoms with Gasteiger partial charge in [-0.3, -0.25) is 5.10 Å². The van der Waals surface area contributed by atoms with Crippen molar-refractivity contribution in [3.8, 4) is 11.6 Å². The number of benzene rings is 1. The standard InChI is InChI=1S/C12H8BrN3O/c13-10-2-1-5-14-12(10)17-9-4-3-8-7-15-16-11(8)6-9/h1-7H,(H,15,16). The molecule has 2 heterocycles. The largest absolute Gasteiger partial charge is 0.438 e. The van der Waals surface area contributed by atoms with E-state index in [-0.39, 0.29) is 0 Å². The Morgan fingerprint density at radius 3 is 3.06 bits per heavy atom. The molecule has 0 aliphatic carbocycles. The van der Waals surface area contributed by atoms with Gasteiger partial charge >= 0.3 is 0 Å². The van der Waals surface area contributed by atoms with Crippen molar-refractivity contribution in [1.82, 2.24) is 15.2 Å². The molecule has 1 aromatic carbocycles. The van der Waals surface area contributed by atoms with Gasteiger partial charge in [0, 0.05) is 17.6 Å². The minimum absolute atomic E-state index is 0.548. The number of halogens is 1. The van der Waals surface area contributed by atoms with Crippen LogP contribution in [0.2, 0.25) is 0 Å². The molecule has 17 heavy (non-hydrogen) atoms. The predicted molar refractivity (Wildman–Crippen MR) is 68.1 cm³/mol. The summed E-state index contributed by atoms with van der Waals surface area (Å²) in [5.74, 6) is 1.27. The van der Waals surface area contributed by atoms with E-state index >= 15 is 0 Å². The van der Waals surface area contributed by atoms with Gasteiger partial charge < -0.3 is 4.74 Å². The molecule has 3 aromatic rings. The zero-order valence-corrected chi connectivity index (χ0v) is 10.3. The quantitative estimate of drug-likeness (QED) is 0.785. The Balaban J connectivity index is 1.97. The topological polar surface area (TPSA) is 50.8 Å². The van der Waals surface area contributed by atoms with Crippen molar-refractivity contribution >= 4 is 26.8 Å². The molecule has 2 aromatic heterocycles. The molecule has 0 saturated carbocycles. The number of ether oxygens (including phenoxy) is 1. The molecule has 0 amide bonds. The monoisotopic (exact) mass is 289 g/mol. The molecule has 0 radical (unpaired) electrons. The fourth-order valence-electron chi connectivity index (χ4n) is 1.54. The number of fused-ring (bicyclic) bond motifs is 1. The number of aromatic amines is 1. The van der Waals surface area contributed by atoms with Crippen LogP contribution in [0.1, 0.15) is 0 Å². The molecule has 84 valence electrons. The van der Waals surface area contributed by atoms with Crippen LogP contribution in [-0.2, 0) is 0 Å². The predicted octanol–water partition coefficient (Wildman–Crippen LogP) is 3.51. The summed E-state index contributed by atoms with van der Waals surface area (Å²) in [6.07, 6.45) is 3.46. The molecule has 0 fully saturated rings. The van der Waals surface area contributed by atoms with E-state index in [9.17, 15) is 0 Å². The Bertz CT molecular complexity index is 665. The number of aromatic nitrogens is 3. The summed E-state index contributed by atoms with van der Waals surface area (Å²) >= 11 is 3.39. The minimum atomic E-state index is 0.548. The van der Waals surface area contributed by atoms with E-state index in [1.54, 1.807) is 12.4 Å². The van der Waals surface area contributed by atoms with E-state index < -0.39 is 0 Å². The summed E-state index contributed by atoms with van der Waals surface area (Å²) in [5.41, 5.74) is 0.939. The van der Waals surface area contributed by atoms with Crippen LogP contribution in [0.4, 0.5) is 0 Å². The molecule has 0 atom stereocenters. The second-order valence-electron chi connectivity index (χ2n) is 3.51. The fraction of sp³-hybridized carbons (Fsp3) is 0. The van der Waals surface area contributed by atoms with Crippen LogP contribution < -0.4 is 4.74 Å². The number of nitrogens with zero attached hydrogens (tertiary/aromatic N) is 2. The lowest BCUT2D eigenvalue weighted by atomic mass is 10.2. The van der Waals surface area contributed by atoms with Crippen LogP contribution >= 0.6 is 15.9 Å². The van der Waals surface area contributed by atoms with Gasteiger partial charge in [-0.05, 0) is 40.2 Å². The van der Waals surface area contributed by atoms with Gasteiger partial charge in [-0.15, -0.1) is 0 Å². The Morgan fingerprint density at radius 1 is 1.24 bits per heavy atom. The Labute approximate surface area is 106 Å². The third kappa shape index (κ3) is 2.01. The van der Waals surface area contributed by atoms with Crippen molar-refractivity contribution in [3.63, 3.8) is 0 Å². The Morgan fingerprint density at radius 2 is 2.18 bits per heavy atom. The summed E-state index contributed by atoms with van der Waals surface area (Å²) in [5, 5.41) is 7.91. The van der Waals surface area contributed by atoms with E-state index in [1.807, 2.05) is 30.3 Å². The number of H-pyrrole nitrogens is 1. The maximum Gasteiger partial charge on any atom is 0.233 e. The number of hydrogen-bond donors (Lipinski definition) is 1. The Kier molecular flexibility index (Phi) is 2.53. The molecule has 0 saturated heterocycles. The zero-order valence-electron chi connectivity index (χ0n) is 8.72. The summed E-state index contributed by atoms with van der Waals surface area (Å²) in [7, 11) is 0. The van der Waals surface area contributed by atoms with E-state index in [2.05, 4.69) is 31.1 Å². The molecule has 1 N–H and O–H groups in total. The van der Waals surface area contributed by atoms with Crippen molar-refractivity contribution in [3.05, 3.63) is 47.2 Å². The molecule has 5 heteroatoms.